The van der Waals surface area contributed by atoms with E-state index in [2.05, 4.69) is 43.5 Å². The van der Waals surface area contributed by atoms with Gasteiger partial charge in [-0.15, -0.1) is 11.3 Å². The third kappa shape index (κ3) is 6.49. The van der Waals surface area contributed by atoms with Crippen LogP contribution in [0.4, 0.5) is 5.13 Å². The predicted octanol–water partition coefficient (Wildman–Crippen LogP) is 2.55. The summed E-state index contributed by atoms with van der Waals surface area (Å²) in [6.07, 6.45) is 1.36. The van der Waals surface area contributed by atoms with Crippen molar-refractivity contribution < 1.29 is 17.4 Å². The van der Waals surface area contributed by atoms with E-state index in [0.29, 0.717) is 11.6 Å². The average molecular weight is 398 g/mol. The number of hydrogen-bond donors (Lipinski definition) is 2. The highest BCUT2D eigenvalue weighted by atomic mass is 32.2. The van der Waals surface area contributed by atoms with Gasteiger partial charge in [0, 0.05) is 17.8 Å². The van der Waals surface area contributed by atoms with Gasteiger partial charge in [0.1, 0.15) is 6.61 Å². The molecule has 26 heavy (non-hydrogen) atoms. The fraction of sp³-hybridized carbons (Fsp3) is 0.412. The number of anilines is 1. The molecule has 0 aliphatic carbocycles. The summed E-state index contributed by atoms with van der Waals surface area (Å²) in [6.45, 7) is 5.41. The molecule has 142 valence electrons. The summed E-state index contributed by atoms with van der Waals surface area (Å²) >= 11 is 1.37. The lowest BCUT2D eigenvalue weighted by atomic mass is 10.1. The first kappa shape index (κ1) is 20.5. The van der Waals surface area contributed by atoms with Crippen LogP contribution in [0.1, 0.15) is 35.0 Å². The molecule has 2 aromatic rings. The lowest BCUT2D eigenvalue weighted by Gasteiger charge is -2.05. The Hall–Kier alpha value is -1.81. The highest BCUT2D eigenvalue weighted by Gasteiger charge is 2.15. The SMILES string of the molecule is CCCNS(=O)(=O)OCC(=O)Nc1nc(C)c(Cc2ccc(C)cc2)s1. The highest BCUT2D eigenvalue weighted by Crippen LogP contribution is 2.25. The smallest absolute Gasteiger partial charge is 0.300 e. The fourth-order valence-electron chi connectivity index (χ4n) is 2.09. The first-order chi connectivity index (χ1) is 12.3. The molecule has 9 heteroatoms. The van der Waals surface area contributed by atoms with E-state index in [0.717, 1.165) is 22.6 Å². The van der Waals surface area contributed by atoms with Crippen LogP contribution in [0.3, 0.4) is 0 Å². The van der Waals surface area contributed by atoms with Crippen LogP contribution in [0.15, 0.2) is 24.3 Å². The molecule has 0 atom stereocenters. The predicted molar refractivity (Wildman–Crippen MR) is 103 cm³/mol. The summed E-state index contributed by atoms with van der Waals surface area (Å²) in [7, 11) is -3.91. The van der Waals surface area contributed by atoms with E-state index in [1.807, 2.05) is 20.8 Å². The van der Waals surface area contributed by atoms with Crippen LogP contribution in [-0.4, -0.2) is 32.5 Å². The molecule has 0 saturated carbocycles. The van der Waals surface area contributed by atoms with Crippen LogP contribution in [0.2, 0.25) is 0 Å². The maximum atomic E-state index is 11.9. The molecule has 7 nitrogen and oxygen atoms in total. The molecule has 1 aromatic heterocycles. The molecule has 2 rings (SSSR count). The van der Waals surface area contributed by atoms with E-state index in [1.54, 1.807) is 0 Å². The number of aryl methyl sites for hydroxylation is 2. The van der Waals surface area contributed by atoms with Gasteiger partial charge in [-0.3, -0.25) is 10.1 Å². The molecule has 0 saturated heterocycles. The summed E-state index contributed by atoms with van der Waals surface area (Å²) in [4.78, 5) is 17.3. The van der Waals surface area contributed by atoms with E-state index in [4.69, 9.17) is 0 Å². The molecule has 0 aliphatic heterocycles. The number of rotatable bonds is 9. The summed E-state index contributed by atoms with van der Waals surface area (Å²) in [5, 5.41) is 3.01. The largest absolute Gasteiger partial charge is 0.336 e. The third-order valence-corrected chi connectivity index (χ3v) is 5.56. The van der Waals surface area contributed by atoms with Gasteiger partial charge >= 0.3 is 10.3 Å². The Morgan fingerprint density at radius 3 is 2.58 bits per heavy atom. The minimum absolute atomic E-state index is 0.262. The summed E-state index contributed by atoms with van der Waals surface area (Å²) in [6, 6.07) is 8.24. The molecule has 0 fully saturated rings. The van der Waals surface area contributed by atoms with Gasteiger partial charge in [-0.2, -0.15) is 13.1 Å². The summed E-state index contributed by atoms with van der Waals surface area (Å²) in [5.74, 6) is -0.567. The molecule has 1 aromatic carbocycles. The molecule has 0 bridgehead atoms. The van der Waals surface area contributed by atoms with Crippen molar-refractivity contribution in [3.8, 4) is 0 Å². The Morgan fingerprint density at radius 2 is 1.92 bits per heavy atom. The molecule has 1 amide bonds. The van der Waals surface area contributed by atoms with Crippen LogP contribution in [0.25, 0.3) is 0 Å². The van der Waals surface area contributed by atoms with Crippen molar-refractivity contribution in [3.05, 3.63) is 46.0 Å². The summed E-state index contributed by atoms with van der Waals surface area (Å²) in [5.41, 5.74) is 3.20. The zero-order valence-corrected chi connectivity index (χ0v) is 16.7. The van der Waals surface area contributed by atoms with E-state index < -0.39 is 22.8 Å². The van der Waals surface area contributed by atoms with Crippen molar-refractivity contribution in [3.63, 3.8) is 0 Å². The first-order valence-corrected chi connectivity index (χ1v) is 10.5. The zero-order valence-electron chi connectivity index (χ0n) is 15.0. The Balaban J connectivity index is 1.91. The van der Waals surface area contributed by atoms with Crippen LogP contribution in [-0.2, 0) is 25.7 Å². The number of carbonyl (C=O) groups excluding carboxylic acids is 1. The maximum Gasteiger partial charge on any atom is 0.336 e. The van der Waals surface area contributed by atoms with Crippen molar-refractivity contribution in [2.75, 3.05) is 18.5 Å². The van der Waals surface area contributed by atoms with Gasteiger partial charge in [-0.05, 0) is 25.8 Å². The van der Waals surface area contributed by atoms with Gasteiger partial charge in [0.25, 0.3) is 5.91 Å². The number of nitrogens with one attached hydrogen (secondary N) is 2. The lowest BCUT2D eigenvalue weighted by molar-refractivity contribution is -0.118. The van der Waals surface area contributed by atoms with Crippen LogP contribution < -0.4 is 10.0 Å². The Morgan fingerprint density at radius 1 is 1.23 bits per heavy atom. The van der Waals surface area contributed by atoms with Crippen LogP contribution in [0, 0.1) is 13.8 Å². The Labute approximate surface area is 158 Å². The van der Waals surface area contributed by atoms with Crippen molar-refractivity contribution >= 4 is 32.7 Å². The molecule has 0 radical (unpaired) electrons. The number of aromatic nitrogens is 1. The third-order valence-electron chi connectivity index (χ3n) is 3.50. The molecular formula is C17H23N3O4S2. The van der Waals surface area contributed by atoms with Gasteiger partial charge in [-0.25, -0.2) is 9.17 Å². The molecule has 0 aliphatic rings. The number of benzene rings is 1. The second kappa shape index (κ2) is 9.22. The van der Waals surface area contributed by atoms with E-state index >= 15 is 0 Å². The average Bonchev–Trinajstić information content (AvgIpc) is 2.92. The van der Waals surface area contributed by atoms with Gasteiger partial charge in [0.2, 0.25) is 0 Å². The van der Waals surface area contributed by atoms with Crippen molar-refractivity contribution in [1.29, 1.82) is 0 Å². The van der Waals surface area contributed by atoms with Gasteiger partial charge in [0.15, 0.2) is 5.13 Å². The minimum Gasteiger partial charge on any atom is -0.300 e. The van der Waals surface area contributed by atoms with Gasteiger partial charge in [-0.1, -0.05) is 36.8 Å². The van der Waals surface area contributed by atoms with E-state index in [1.165, 1.54) is 16.9 Å². The van der Waals surface area contributed by atoms with Crippen molar-refractivity contribution in [1.82, 2.24) is 9.71 Å². The Kier molecular flexibility index (Phi) is 7.27. The number of hydrogen-bond acceptors (Lipinski definition) is 6. The minimum atomic E-state index is -3.91. The van der Waals surface area contributed by atoms with Crippen molar-refractivity contribution in [2.24, 2.45) is 0 Å². The van der Waals surface area contributed by atoms with Gasteiger partial charge < -0.3 is 0 Å². The van der Waals surface area contributed by atoms with Crippen LogP contribution in [0.5, 0.6) is 0 Å². The highest BCUT2D eigenvalue weighted by molar-refractivity contribution is 7.84. The maximum absolute atomic E-state index is 11.9. The topological polar surface area (TPSA) is 97.4 Å². The second-order valence-electron chi connectivity index (χ2n) is 5.85. The second-order valence-corrected chi connectivity index (χ2v) is 8.37. The number of carbonyl (C=O) groups is 1. The van der Waals surface area contributed by atoms with E-state index in [-0.39, 0.29) is 6.54 Å². The normalized spacial score (nSPS) is 11.5. The summed E-state index contributed by atoms with van der Waals surface area (Å²) < 4.78 is 29.9. The van der Waals surface area contributed by atoms with Gasteiger partial charge in [0.05, 0.1) is 5.69 Å². The monoisotopic (exact) mass is 397 g/mol. The zero-order chi connectivity index (χ0) is 19.2. The molecule has 2 N–H and O–H groups in total. The number of amides is 1. The van der Waals surface area contributed by atoms with Crippen LogP contribution >= 0.6 is 11.3 Å². The van der Waals surface area contributed by atoms with Crippen molar-refractivity contribution in [2.45, 2.75) is 33.6 Å². The standard InChI is InChI=1S/C17H23N3O4S2/c1-4-9-18-26(22,23)24-11-16(21)20-17-19-13(3)15(25-17)10-14-7-5-12(2)6-8-14/h5-8,18H,4,9-11H2,1-3H3,(H,19,20,21). The lowest BCUT2D eigenvalue weighted by Crippen LogP contribution is -2.30. The quantitative estimate of drug-likeness (QED) is 0.678. The number of nitrogens with zero attached hydrogens (tertiary/aromatic N) is 1. The molecule has 0 spiro atoms. The molecular weight excluding hydrogens is 374 g/mol. The first-order valence-electron chi connectivity index (χ1n) is 8.25. The number of thiazole rings is 1. The molecule has 0 unspecified atom stereocenters. The Bertz CT molecular complexity index is 845. The molecule has 1 heterocycles. The fourth-order valence-corrected chi connectivity index (χ4v) is 3.90. The van der Waals surface area contributed by atoms with E-state index in [9.17, 15) is 13.2 Å².